The van der Waals surface area contributed by atoms with Crippen molar-refractivity contribution in [1.29, 1.82) is 0 Å². The van der Waals surface area contributed by atoms with Gasteiger partial charge in [-0.2, -0.15) is 0 Å². The van der Waals surface area contributed by atoms with Crippen molar-refractivity contribution in [1.82, 2.24) is 0 Å². The van der Waals surface area contributed by atoms with E-state index in [-0.39, 0.29) is 11.3 Å². The van der Waals surface area contributed by atoms with Crippen molar-refractivity contribution in [3.05, 3.63) is 53.6 Å². The van der Waals surface area contributed by atoms with Crippen LogP contribution in [0.1, 0.15) is 17.3 Å². The van der Waals surface area contributed by atoms with Gasteiger partial charge in [0.1, 0.15) is 5.75 Å². The molecular weight excluding hydrogens is 278 g/mol. The number of ether oxygens (including phenoxy) is 1. The van der Waals surface area contributed by atoms with Gasteiger partial charge in [0, 0.05) is 17.4 Å². The average Bonchev–Trinajstić information content (AvgIpc) is 2.45. The zero-order valence-electron chi connectivity index (χ0n) is 11.3. The highest BCUT2D eigenvalue weighted by Crippen LogP contribution is 2.20. The highest BCUT2D eigenvalue weighted by atomic mass is 19.2. The van der Waals surface area contributed by atoms with Crippen LogP contribution in [0.3, 0.4) is 0 Å². The molecule has 1 amide bonds. The molecule has 0 heterocycles. The molecule has 110 valence electrons. The zero-order valence-corrected chi connectivity index (χ0v) is 11.3. The van der Waals surface area contributed by atoms with Gasteiger partial charge < -0.3 is 15.8 Å². The van der Waals surface area contributed by atoms with Gasteiger partial charge >= 0.3 is 0 Å². The lowest BCUT2D eigenvalue weighted by atomic mass is 10.1. The van der Waals surface area contributed by atoms with Crippen molar-refractivity contribution in [2.75, 3.05) is 17.7 Å². The maximum absolute atomic E-state index is 13.2. The molecular formula is C15H14F2N2O2. The Morgan fingerprint density at radius 1 is 1.19 bits per heavy atom. The van der Waals surface area contributed by atoms with Gasteiger partial charge in [0.15, 0.2) is 11.6 Å². The monoisotopic (exact) mass is 292 g/mol. The first-order valence-corrected chi connectivity index (χ1v) is 6.30. The number of nitrogen functional groups attached to an aromatic ring is 1. The molecule has 0 spiro atoms. The number of anilines is 2. The Bertz CT molecular complexity index is 657. The maximum atomic E-state index is 13.2. The van der Waals surface area contributed by atoms with E-state index < -0.39 is 17.5 Å². The van der Waals surface area contributed by atoms with Gasteiger partial charge in [0.2, 0.25) is 0 Å². The lowest BCUT2D eigenvalue weighted by Crippen LogP contribution is -2.14. The van der Waals surface area contributed by atoms with Gasteiger partial charge in [-0.05, 0) is 37.3 Å². The normalized spacial score (nSPS) is 10.2. The van der Waals surface area contributed by atoms with Crippen molar-refractivity contribution in [3.8, 4) is 5.75 Å². The first kappa shape index (κ1) is 14.8. The summed E-state index contributed by atoms with van der Waals surface area (Å²) >= 11 is 0. The van der Waals surface area contributed by atoms with Crippen molar-refractivity contribution >= 4 is 17.3 Å². The molecule has 0 aliphatic carbocycles. The summed E-state index contributed by atoms with van der Waals surface area (Å²) in [6, 6.07) is 8.20. The molecule has 0 aliphatic rings. The molecule has 0 aromatic heterocycles. The molecule has 0 saturated carbocycles. The van der Waals surface area contributed by atoms with Crippen LogP contribution in [0.15, 0.2) is 36.4 Å². The SMILES string of the molecule is CCOc1ccc(NC(=O)c2cc(F)c(F)cc2N)cc1. The van der Waals surface area contributed by atoms with Gasteiger partial charge in [0.25, 0.3) is 5.91 Å². The van der Waals surface area contributed by atoms with E-state index in [9.17, 15) is 13.6 Å². The van der Waals surface area contributed by atoms with Gasteiger partial charge in [0.05, 0.1) is 12.2 Å². The Labute approximate surface area is 120 Å². The summed E-state index contributed by atoms with van der Waals surface area (Å²) in [5.41, 5.74) is 5.76. The maximum Gasteiger partial charge on any atom is 0.257 e. The Kier molecular flexibility index (Phi) is 4.37. The number of carbonyl (C=O) groups excluding carboxylic acids is 1. The first-order chi connectivity index (χ1) is 10.0. The van der Waals surface area contributed by atoms with Crippen LogP contribution < -0.4 is 15.8 Å². The summed E-state index contributed by atoms with van der Waals surface area (Å²) in [4.78, 5) is 12.0. The van der Waals surface area contributed by atoms with Crippen LogP contribution in [0.25, 0.3) is 0 Å². The molecule has 0 fully saturated rings. The number of rotatable bonds is 4. The fourth-order valence-electron chi connectivity index (χ4n) is 1.76. The summed E-state index contributed by atoms with van der Waals surface area (Å²) in [5.74, 6) is -2.16. The molecule has 0 saturated heterocycles. The molecule has 0 radical (unpaired) electrons. The van der Waals surface area contributed by atoms with E-state index in [1.807, 2.05) is 6.92 Å². The van der Waals surface area contributed by atoms with Crippen molar-refractivity contribution in [2.45, 2.75) is 6.92 Å². The number of carbonyl (C=O) groups is 1. The van der Waals surface area contributed by atoms with E-state index in [1.54, 1.807) is 24.3 Å². The zero-order chi connectivity index (χ0) is 15.4. The minimum atomic E-state index is -1.12. The first-order valence-electron chi connectivity index (χ1n) is 6.30. The van der Waals surface area contributed by atoms with Gasteiger partial charge in [-0.15, -0.1) is 0 Å². The second kappa shape index (κ2) is 6.21. The van der Waals surface area contributed by atoms with Gasteiger partial charge in [-0.25, -0.2) is 8.78 Å². The molecule has 0 aliphatic heterocycles. The van der Waals surface area contributed by atoms with E-state index >= 15 is 0 Å². The second-order valence-corrected chi connectivity index (χ2v) is 4.27. The third-order valence-corrected chi connectivity index (χ3v) is 2.76. The predicted octanol–water partition coefficient (Wildman–Crippen LogP) is 3.20. The third-order valence-electron chi connectivity index (χ3n) is 2.76. The van der Waals surface area contributed by atoms with E-state index in [1.165, 1.54) is 0 Å². The number of nitrogens with two attached hydrogens (primary N) is 1. The number of benzene rings is 2. The van der Waals surface area contributed by atoms with E-state index in [4.69, 9.17) is 10.5 Å². The van der Waals surface area contributed by atoms with E-state index in [0.29, 0.717) is 18.0 Å². The topological polar surface area (TPSA) is 64.3 Å². The van der Waals surface area contributed by atoms with Crippen LogP contribution in [-0.4, -0.2) is 12.5 Å². The van der Waals surface area contributed by atoms with Crippen molar-refractivity contribution in [2.24, 2.45) is 0 Å². The lowest BCUT2D eigenvalue weighted by molar-refractivity contribution is 0.102. The minimum Gasteiger partial charge on any atom is -0.494 e. The third kappa shape index (κ3) is 3.47. The molecule has 2 rings (SSSR count). The van der Waals surface area contributed by atoms with Crippen LogP contribution >= 0.6 is 0 Å². The summed E-state index contributed by atoms with van der Waals surface area (Å²) in [6.07, 6.45) is 0. The van der Waals surface area contributed by atoms with Gasteiger partial charge in [-0.3, -0.25) is 4.79 Å². The summed E-state index contributed by atoms with van der Waals surface area (Å²) in [6.45, 7) is 2.40. The Balaban J connectivity index is 2.16. The Morgan fingerprint density at radius 3 is 2.43 bits per heavy atom. The molecule has 2 aromatic rings. The second-order valence-electron chi connectivity index (χ2n) is 4.27. The lowest BCUT2D eigenvalue weighted by Gasteiger charge is -2.09. The number of amides is 1. The quantitative estimate of drug-likeness (QED) is 0.851. The highest BCUT2D eigenvalue weighted by Gasteiger charge is 2.14. The smallest absolute Gasteiger partial charge is 0.257 e. The minimum absolute atomic E-state index is 0.122. The van der Waals surface area contributed by atoms with Gasteiger partial charge in [-0.1, -0.05) is 0 Å². The molecule has 2 aromatic carbocycles. The van der Waals surface area contributed by atoms with Crippen LogP contribution in [0.2, 0.25) is 0 Å². The molecule has 21 heavy (non-hydrogen) atoms. The van der Waals surface area contributed by atoms with E-state index in [0.717, 1.165) is 12.1 Å². The molecule has 6 heteroatoms. The number of hydrogen-bond donors (Lipinski definition) is 2. The Hall–Kier alpha value is -2.63. The molecule has 0 bridgehead atoms. The molecule has 0 atom stereocenters. The standard InChI is InChI=1S/C15H14F2N2O2/c1-2-21-10-5-3-9(4-6-10)19-15(20)11-7-12(16)13(17)8-14(11)18/h3-8H,2,18H2,1H3,(H,19,20). The van der Waals surface area contributed by atoms with Crippen LogP contribution in [0.5, 0.6) is 5.75 Å². The largest absolute Gasteiger partial charge is 0.494 e. The fourth-order valence-corrected chi connectivity index (χ4v) is 1.76. The number of hydrogen-bond acceptors (Lipinski definition) is 3. The van der Waals surface area contributed by atoms with Crippen LogP contribution in [-0.2, 0) is 0 Å². The molecule has 4 nitrogen and oxygen atoms in total. The highest BCUT2D eigenvalue weighted by molar-refractivity contribution is 6.07. The fraction of sp³-hybridized carbons (Fsp3) is 0.133. The average molecular weight is 292 g/mol. The number of halogens is 2. The summed E-state index contributed by atoms with van der Waals surface area (Å²) in [5, 5.41) is 2.55. The van der Waals surface area contributed by atoms with E-state index in [2.05, 4.69) is 5.32 Å². The summed E-state index contributed by atoms with van der Waals surface area (Å²) in [7, 11) is 0. The predicted molar refractivity (Wildman–Crippen MR) is 76.3 cm³/mol. The number of nitrogens with one attached hydrogen (secondary N) is 1. The molecule has 0 unspecified atom stereocenters. The van der Waals surface area contributed by atoms with Crippen molar-refractivity contribution in [3.63, 3.8) is 0 Å². The molecule has 3 N–H and O–H groups in total. The van der Waals surface area contributed by atoms with Crippen molar-refractivity contribution < 1.29 is 18.3 Å². The van der Waals surface area contributed by atoms with Crippen LogP contribution in [0.4, 0.5) is 20.2 Å². The summed E-state index contributed by atoms with van der Waals surface area (Å²) < 4.78 is 31.4. The Morgan fingerprint density at radius 2 is 1.81 bits per heavy atom. The van der Waals surface area contributed by atoms with Crippen LogP contribution in [0, 0.1) is 11.6 Å².